The van der Waals surface area contributed by atoms with Gasteiger partial charge in [-0.1, -0.05) is 11.6 Å². The zero-order valence-corrected chi connectivity index (χ0v) is 21.7. The molecular formula is C26H30ClN7OS. The van der Waals surface area contributed by atoms with E-state index in [1.165, 1.54) is 30.6 Å². The Morgan fingerprint density at radius 1 is 0.861 bits per heavy atom. The molecule has 10 heteroatoms. The van der Waals surface area contributed by atoms with Gasteiger partial charge in [0.05, 0.1) is 12.8 Å². The summed E-state index contributed by atoms with van der Waals surface area (Å²) in [7, 11) is 0. The standard InChI is InChI=1S/C26H30ClN7OS/c27-21-7-11-23(12-8-21)36-18-17-35-22-9-5-20(6-10-22)19-28-32-24-29-25(33-13-1-2-14-33)31-26(30-24)34-15-3-4-16-34/h5-12,19H,1-4,13-18H2,(H,29,30,31,32). The Kier molecular flexibility index (Phi) is 8.40. The average Bonchev–Trinajstić information content (AvgIpc) is 3.64. The van der Waals surface area contributed by atoms with Gasteiger partial charge in [0, 0.05) is 41.8 Å². The molecule has 0 unspecified atom stereocenters. The van der Waals surface area contributed by atoms with Crippen LogP contribution in [0.5, 0.6) is 5.75 Å². The molecule has 36 heavy (non-hydrogen) atoms. The van der Waals surface area contributed by atoms with Gasteiger partial charge in [0.15, 0.2) is 0 Å². The number of hydrogen-bond acceptors (Lipinski definition) is 9. The Morgan fingerprint density at radius 2 is 1.47 bits per heavy atom. The van der Waals surface area contributed by atoms with Gasteiger partial charge in [-0.25, -0.2) is 5.43 Å². The van der Waals surface area contributed by atoms with Crippen LogP contribution in [0.2, 0.25) is 5.02 Å². The summed E-state index contributed by atoms with van der Waals surface area (Å²) in [6, 6.07) is 15.7. The summed E-state index contributed by atoms with van der Waals surface area (Å²) in [4.78, 5) is 19.6. The quantitative estimate of drug-likeness (QED) is 0.165. The number of hydrazone groups is 1. The maximum atomic E-state index is 5.93. The molecule has 188 valence electrons. The summed E-state index contributed by atoms with van der Waals surface area (Å²) in [6.45, 7) is 4.57. The van der Waals surface area contributed by atoms with Crippen LogP contribution >= 0.6 is 23.4 Å². The summed E-state index contributed by atoms with van der Waals surface area (Å²) in [5.41, 5.74) is 3.97. The predicted molar refractivity (Wildman–Crippen MR) is 148 cm³/mol. The number of nitrogens with zero attached hydrogens (tertiary/aromatic N) is 6. The first-order chi connectivity index (χ1) is 17.7. The van der Waals surface area contributed by atoms with Crippen molar-refractivity contribution < 1.29 is 4.74 Å². The van der Waals surface area contributed by atoms with Gasteiger partial charge in [0.1, 0.15) is 5.75 Å². The van der Waals surface area contributed by atoms with Gasteiger partial charge >= 0.3 is 0 Å². The number of benzene rings is 2. The molecule has 0 spiro atoms. The van der Waals surface area contributed by atoms with Crippen LogP contribution in [-0.2, 0) is 0 Å². The minimum Gasteiger partial charge on any atom is -0.493 e. The molecule has 0 amide bonds. The van der Waals surface area contributed by atoms with Gasteiger partial charge in [-0.05, 0) is 79.8 Å². The molecule has 0 bridgehead atoms. The largest absolute Gasteiger partial charge is 0.493 e. The smallest absolute Gasteiger partial charge is 0.250 e. The van der Waals surface area contributed by atoms with Crippen molar-refractivity contribution in [1.29, 1.82) is 0 Å². The van der Waals surface area contributed by atoms with E-state index in [0.29, 0.717) is 12.6 Å². The Bertz CT molecular complexity index is 1110. The molecule has 5 rings (SSSR count). The van der Waals surface area contributed by atoms with Crippen molar-refractivity contribution in [2.45, 2.75) is 30.6 Å². The highest BCUT2D eigenvalue weighted by Gasteiger charge is 2.21. The first-order valence-electron chi connectivity index (χ1n) is 12.4. The summed E-state index contributed by atoms with van der Waals surface area (Å²) in [5, 5.41) is 5.13. The normalized spacial score (nSPS) is 15.7. The van der Waals surface area contributed by atoms with Crippen LogP contribution in [0.15, 0.2) is 58.5 Å². The predicted octanol–water partition coefficient (Wildman–Crippen LogP) is 5.34. The molecule has 2 aliphatic rings. The molecule has 2 aromatic carbocycles. The third kappa shape index (κ3) is 6.79. The van der Waals surface area contributed by atoms with Gasteiger partial charge in [-0.15, -0.1) is 11.8 Å². The molecule has 2 aliphatic heterocycles. The Balaban J connectivity index is 1.14. The van der Waals surface area contributed by atoms with Crippen LogP contribution in [0.3, 0.4) is 0 Å². The van der Waals surface area contributed by atoms with Crippen LogP contribution in [0, 0.1) is 0 Å². The molecule has 3 aromatic rings. The molecule has 0 saturated carbocycles. The fourth-order valence-electron chi connectivity index (χ4n) is 4.19. The van der Waals surface area contributed by atoms with Crippen molar-refractivity contribution in [2.75, 3.05) is 53.8 Å². The lowest BCUT2D eigenvalue weighted by Crippen LogP contribution is -2.25. The number of rotatable bonds is 10. The summed E-state index contributed by atoms with van der Waals surface area (Å²) in [5.74, 6) is 3.64. The van der Waals surface area contributed by atoms with E-state index < -0.39 is 0 Å². The third-order valence-corrected chi connectivity index (χ3v) is 7.31. The summed E-state index contributed by atoms with van der Waals surface area (Å²) >= 11 is 7.67. The first kappa shape index (κ1) is 24.6. The fraction of sp³-hybridized carbons (Fsp3) is 0.385. The molecule has 0 aliphatic carbocycles. The number of hydrogen-bond donors (Lipinski definition) is 1. The van der Waals surface area contributed by atoms with E-state index in [1.807, 2.05) is 48.5 Å². The number of halogens is 1. The van der Waals surface area contributed by atoms with Crippen molar-refractivity contribution in [3.63, 3.8) is 0 Å². The second-order valence-electron chi connectivity index (χ2n) is 8.74. The van der Waals surface area contributed by atoms with Crippen LogP contribution in [0.25, 0.3) is 0 Å². The molecule has 0 radical (unpaired) electrons. The van der Waals surface area contributed by atoms with E-state index >= 15 is 0 Å². The zero-order valence-electron chi connectivity index (χ0n) is 20.1. The number of thioether (sulfide) groups is 1. The molecule has 0 atom stereocenters. The Hall–Kier alpha value is -3.04. The highest BCUT2D eigenvalue weighted by atomic mass is 35.5. The Morgan fingerprint density at radius 3 is 2.08 bits per heavy atom. The van der Waals surface area contributed by atoms with Crippen LogP contribution in [0.1, 0.15) is 31.2 Å². The van der Waals surface area contributed by atoms with Crippen LogP contribution in [-0.4, -0.2) is 59.7 Å². The lowest BCUT2D eigenvalue weighted by atomic mass is 10.2. The van der Waals surface area contributed by atoms with Crippen molar-refractivity contribution in [1.82, 2.24) is 15.0 Å². The average molecular weight is 524 g/mol. The van der Waals surface area contributed by atoms with Crippen molar-refractivity contribution in [3.05, 3.63) is 59.1 Å². The van der Waals surface area contributed by atoms with E-state index in [0.717, 1.165) is 60.2 Å². The topological polar surface area (TPSA) is 78.8 Å². The summed E-state index contributed by atoms with van der Waals surface area (Å²) < 4.78 is 5.86. The van der Waals surface area contributed by atoms with Crippen molar-refractivity contribution >= 4 is 47.4 Å². The Labute approximate surface area is 221 Å². The maximum Gasteiger partial charge on any atom is 0.250 e. The van der Waals surface area contributed by atoms with Crippen molar-refractivity contribution in [2.24, 2.45) is 5.10 Å². The molecule has 8 nitrogen and oxygen atoms in total. The van der Waals surface area contributed by atoms with E-state index in [1.54, 1.807) is 18.0 Å². The molecule has 1 N–H and O–H groups in total. The second kappa shape index (κ2) is 12.3. The van der Waals surface area contributed by atoms with Gasteiger partial charge in [0.2, 0.25) is 17.8 Å². The fourth-order valence-corrected chi connectivity index (χ4v) is 5.04. The van der Waals surface area contributed by atoms with Crippen LogP contribution in [0.4, 0.5) is 17.8 Å². The number of anilines is 3. The third-order valence-electron chi connectivity index (χ3n) is 6.08. The lowest BCUT2D eigenvalue weighted by molar-refractivity contribution is 0.344. The highest BCUT2D eigenvalue weighted by molar-refractivity contribution is 7.99. The van der Waals surface area contributed by atoms with E-state index in [9.17, 15) is 0 Å². The molecule has 2 saturated heterocycles. The zero-order chi connectivity index (χ0) is 24.6. The van der Waals surface area contributed by atoms with Gasteiger partial charge in [-0.3, -0.25) is 0 Å². The van der Waals surface area contributed by atoms with Crippen molar-refractivity contribution in [3.8, 4) is 5.75 Å². The summed E-state index contributed by atoms with van der Waals surface area (Å²) in [6.07, 6.45) is 6.45. The number of aromatic nitrogens is 3. The minimum atomic E-state index is 0.475. The number of nitrogens with one attached hydrogen (secondary N) is 1. The van der Waals surface area contributed by atoms with Crippen LogP contribution < -0.4 is 20.0 Å². The van der Waals surface area contributed by atoms with Gasteiger partial charge < -0.3 is 14.5 Å². The van der Waals surface area contributed by atoms with Gasteiger partial charge in [-0.2, -0.15) is 20.1 Å². The number of ether oxygens (including phenoxy) is 1. The maximum absolute atomic E-state index is 5.93. The van der Waals surface area contributed by atoms with E-state index in [4.69, 9.17) is 21.3 Å². The minimum absolute atomic E-state index is 0.475. The monoisotopic (exact) mass is 523 g/mol. The SMILES string of the molecule is Clc1ccc(SCCOc2ccc(C=NNc3nc(N4CCCC4)nc(N4CCCC4)n3)cc2)cc1. The van der Waals surface area contributed by atoms with Gasteiger partial charge in [0.25, 0.3) is 0 Å². The lowest BCUT2D eigenvalue weighted by Gasteiger charge is -2.20. The molecule has 2 fully saturated rings. The molecule has 3 heterocycles. The van der Waals surface area contributed by atoms with E-state index in [-0.39, 0.29) is 0 Å². The first-order valence-corrected chi connectivity index (χ1v) is 13.8. The highest BCUT2D eigenvalue weighted by Crippen LogP contribution is 2.23. The molecular weight excluding hydrogens is 494 g/mol. The second-order valence-corrected chi connectivity index (χ2v) is 10.3. The van der Waals surface area contributed by atoms with E-state index in [2.05, 4.69) is 30.3 Å². The molecule has 1 aromatic heterocycles.